The lowest BCUT2D eigenvalue weighted by Crippen LogP contribution is -2.36. The molecule has 0 atom stereocenters. The highest BCUT2D eigenvalue weighted by atomic mass is 19.1. The number of esters is 1. The fourth-order valence-corrected chi connectivity index (χ4v) is 3.89. The summed E-state index contributed by atoms with van der Waals surface area (Å²) in [5.41, 5.74) is 3.21. The Labute approximate surface area is 184 Å². The summed E-state index contributed by atoms with van der Waals surface area (Å²) in [4.78, 5) is 12.7. The maximum Gasteiger partial charge on any atom is 0.341 e. The molecule has 5 heteroatoms. The molecule has 0 radical (unpaired) electrons. The third-order valence-electron chi connectivity index (χ3n) is 5.44. The second-order valence-electron chi connectivity index (χ2n) is 7.40. The lowest BCUT2D eigenvalue weighted by atomic mass is 9.97. The van der Waals surface area contributed by atoms with Gasteiger partial charge in [-0.3, -0.25) is 0 Å². The molecule has 5 rings (SSSR count). The van der Waals surface area contributed by atoms with Gasteiger partial charge in [0.15, 0.2) is 11.5 Å². The molecule has 32 heavy (non-hydrogen) atoms. The van der Waals surface area contributed by atoms with Crippen LogP contribution in [0.4, 0.5) is 4.39 Å². The highest BCUT2D eigenvalue weighted by molar-refractivity contribution is 5.96. The molecule has 4 aromatic carbocycles. The summed E-state index contributed by atoms with van der Waals surface area (Å²) in [6.45, 7) is 0. The number of benzene rings is 4. The van der Waals surface area contributed by atoms with Crippen LogP contribution in [0.2, 0.25) is 0 Å². The van der Waals surface area contributed by atoms with Gasteiger partial charge in [0.05, 0.1) is 7.11 Å². The Hall–Kier alpha value is -4.12. The van der Waals surface area contributed by atoms with Crippen molar-refractivity contribution in [2.75, 3.05) is 7.11 Å². The van der Waals surface area contributed by atoms with Gasteiger partial charge in [0.1, 0.15) is 11.4 Å². The average Bonchev–Trinajstić information content (AvgIpc) is 3.25. The van der Waals surface area contributed by atoms with Gasteiger partial charge in [0.2, 0.25) is 0 Å². The van der Waals surface area contributed by atoms with Crippen molar-refractivity contribution in [1.82, 2.24) is 0 Å². The predicted octanol–water partition coefficient (Wildman–Crippen LogP) is 5.95. The summed E-state index contributed by atoms with van der Waals surface area (Å²) >= 11 is 0. The normalized spacial score (nSPS) is 13.6. The van der Waals surface area contributed by atoms with Gasteiger partial charge in [-0.2, -0.15) is 0 Å². The first-order valence-electron chi connectivity index (χ1n) is 10.1. The van der Waals surface area contributed by atoms with Crippen molar-refractivity contribution in [3.05, 3.63) is 120 Å². The molecule has 1 aliphatic heterocycles. The Bertz CT molecular complexity index is 1230. The predicted molar refractivity (Wildman–Crippen MR) is 118 cm³/mol. The van der Waals surface area contributed by atoms with E-state index in [1.54, 1.807) is 24.3 Å². The molecule has 0 fully saturated rings. The lowest BCUT2D eigenvalue weighted by molar-refractivity contribution is -0.0462. The second-order valence-corrected chi connectivity index (χ2v) is 7.40. The molecule has 158 valence electrons. The van der Waals surface area contributed by atoms with E-state index in [9.17, 15) is 9.18 Å². The van der Waals surface area contributed by atoms with Crippen molar-refractivity contribution in [2.24, 2.45) is 0 Å². The number of hydrogen-bond acceptors (Lipinski definition) is 4. The smallest absolute Gasteiger partial charge is 0.341 e. The van der Waals surface area contributed by atoms with Gasteiger partial charge in [0.25, 0.3) is 0 Å². The molecule has 0 saturated heterocycles. The van der Waals surface area contributed by atoms with Crippen LogP contribution in [0, 0.1) is 5.82 Å². The molecule has 0 spiro atoms. The number of halogens is 1. The minimum Gasteiger partial charge on any atom is -0.465 e. The van der Waals surface area contributed by atoms with Gasteiger partial charge in [0, 0.05) is 11.1 Å². The zero-order chi connectivity index (χ0) is 22.1. The van der Waals surface area contributed by atoms with Crippen molar-refractivity contribution in [1.29, 1.82) is 0 Å². The summed E-state index contributed by atoms with van der Waals surface area (Å²) < 4.78 is 31.4. The van der Waals surface area contributed by atoms with Gasteiger partial charge in [-0.25, -0.2) is 9.18 Å². The van der Waals surface area contributed by atoms with E-state index in [0.717, 1.165) is 16.7 Å². The average molecular weight is 426 g/mol. The van der Waals surface area contributed by atoms with E-state index in [-0.39, 0.29) is 11.4 Å². The first-order chi connectivity index (χ1) is 15.6. The van der Waals surface area contributed by atoms with Crippen LogP contribution >= 0.6 is 0 Å². The Morgan fingerprint density at radius 2 is 1.38 bits per heavy atom. The van der Waals surface area contributed by atoms with Crippen molar-refractivity contribution in [3.63, 3.8) is 0 Å². The molecule has 1 aliphatic rings. The summed E-state index contributed by atoms with van der Waals surface area (Å²) in [7, 11) is 1.32. The Morgan fingerprint density at radius 3 is 1.94 bits per heavy atom. The van der Waals surface area contributed by atoms with E-state index >= 15 is 0 Å². The number of carbonyl (C=O) groups excluding carboxylic acids is 1. The van der Waals surface area contributed by atoms with E-state index in [0.29, 0.717) is 17.1 Å². The lowest BCUT2D eigenvalue weighted by Gasteiger charge is -2.28. The molecule has 0 saturated carbocycles. The Morgan fingerprint density at radius 1 is 0.781 bits per heavy atom. The minimum atomic E-state index is -1.27. The van der Waals surface area contributed by atoms with E-state index in [2.05, 4.69) is 0 Å². The van der Waals surface area contributed by atoms with E-state index in [1.165, 1.54) is 19.2 Å². The molecule has 0 bridgehead atoms. The van der Waals surface area contributed by atoms with Crippen molar-refractivity contribution < 1.29 is 23.4 Å². The number of hydrogen-bond donors (Lipinski definition) is 0. The van der Waals surface area contributed by atoms with E-state index in [1.807, 2.05) is 60.7 Å². The van der Waals surface area contributed by atoms with Gasteiger partial charge >= 0.3 is 11.8 Å². The number of methoxy groups -OCH3 is 1. The molecule has 4 nitrogen and oxygen atoms in total. The van der Waals surface area contributed by atoms with Gasteiger partial charge in [-0.05, 0) is 35.4 Å². The summed E-state index contributed by atoms with van der Waals surface area (Å²) in [6.07, 6.45) is 0. The van der Waals surface area contributed by atoms with Gasteiger partial charge in [-0.1, -0.05) is 72.8 Å². The number of rotatable bonds is 4. The third-order valence-corrected chi connectivity index (χ3v) is 5.44. The standard InChI is InChI=1S/C27H19FO4/c1-30-26(29)23-16-19(18-12-14-22(28)15-13-18)17-24-25(23)32-27(31-24,20-8-4-2-5-9-20)21-10-6-3-7-11-21/h2-17H,1H3. The van der Waals surface area contributed by atoms with Gasteiger partial charge < -0.3 is 14.2 Å². The number of carbonyl (C=O) groups is 1. The van der Waals surface area contributed by atoms with E-state index in [4.69, 9.17) is 14.2 Å². The minimum absolute atomic E-state index is 0.234. The van der Waals surface area contributed by atoms with Crippen LogP contribution in [0.15, 0.2) is 97.1 Å². The van der Waals surface area contributed by atoms with Crippen LogP contribution in [0.25, 0.3) is 11.1 Å². The molecule has 0 aliphatic carbocycles. The highest BCUT2D eigenvalue weighted by Gasteiger charge is 2.47. The zero-order valence-electron chi connectivity index (χ0n) is 17.2. The van der Waals surface area contributed by atoms with Crippen LogP contribution in [-0.2, 0) is 10.5 Å². The molecule has 0 N–H and O–H groups in total. The van der Waals surface area contributed by atoms with Crippen LogP contribution in [0.5, 0.6) is 11.5 Å². The van der Waals surface area contributed by atoms with Crippen LogP contribution < -0.4 is 9.47 Å². The van der Waals surface area contributed by atoms with Crippen LogP contribution in [-0.4, -0.2) is 13.1 Å². The monoisotopic (exact) mass is 426 g/mol. The summed E-state index contributed by atoms with van der Waals surface area (Å²) in [5, 5.41) is 0. The molecule has 4 aromatic rings. The SMILES string of the molecule is COC(=O)c1cc(-c2ccc(F)cc2)cc2c1OC(c1ccccc1)(c1ccccc1)O2. The van der Waals surface area contributed by atoms with Crippen molar-refractivity contribution in [3.8, 4) is 22.6 Å². The van der Waals surface area contributed by atoms with Crippen molar-refractivity contribution >= 4 is 5.97 Å². The molecule has 0 aromatic heterocycles. The Balaban J connectivity index is 1.70. The summed E-state index contributed by atoms with van der Waals surface area (Å²) in [6, 6.07) is 28.6. The zero-order valence-corrected chi connectivity index (χ0v) is 17.2. The number of ether oxygens (including phenoxy) is 3. The van der Waals surface area contributed by atoms with Crippen LogP contribution in [0.3, 0.4) is 0 Å². The summed E-state index contributed by atoms with van der Waals surface area (Å²) in [5.74, 6) is -1.45. The number of fused-ring (bicyclic) bond motifs is 1. The fraction of sp³-hybridized carbons (Fsp3) is 0.0741. The fourth-order valence-electron chi connectivity index (χ4n) is 3.89. The largest absolute Gasteiger partial charge is 0.465 e. The van der Waals surface area contributed by atoms with Crippen LogP contribution in [0.1, 0.15) is 21.5 Å². The third kappa shape index (κ3) is 3.28. The molecule has 0 unspecified atom stereocenters. The maximum atomic E-state index is 13.4. The second kappa shape index (κ2) is 7.85. The molecule has 1 heterocycles. The Kier molecular flexibility index (Phi) is 4.86. The molecule has 0 amide bonds. The molecular weight excluding hydrogens is 407 g/mol. The first-order valence-corrected chi connectivity index (χ1v) is 10.1. The topological polar surface area (TPSA) is 44.8 Å². The quantitative estimate of drug-likeness (QED) is 0.378. The highest BCUT2D eigenvalue weighted by Crippen LogP contribution is 2.51. The molecular formula is C27H19FO4. The van der Waals surface area contributed by atoms with Gasteiger partial charge in [-0.15, -0.1) is 0 Å². The maximum absolute atomic E-state index is 13.4. The first kappa shape index (κ1) is 19.8. The van der Waals surface area contributed by atoms with Crippen molar-refractivity contribution in [2.45, 2.75) is 5.79 Å². The van der Waals surface area contributed by atoms with E-state index < -0.39 is 11.8 Å².